The van der Waals surface area contributed by atoms with E-state index in [9.17, 15) is 0 Å². The molecule has 0 aromatic heterocycles. The first-order chi connectivity index (χ1) is 5.16. The van der Waals surface area contributed by atoms with Gasteiger partial charge < -0.3 is 5.01 Å². The summed E-state index contributed by atoms with van der Waals surface area (Å²) in [4.78, 5) is 0. The van der Waals surface area contributed by atoms with E-state index in [2.05, 4.69) is 43.9 Å². The molecule has 1 unspecified atom stereocenters. The van der Waals surface area contributed by atoms with Crippen LogP contribution in [-0.2, 0) is 0 Å². The van der Waals surface area contributed by atoms with Gasteiger partial charge in [0.15, 0.2) is 0 Å². The molecule has 64 valence electrons. The molecule has 1 heterocycles. The summed E-state index contributed by atoms with van der Waals surface area (Å²) in [5, 5.41) is 4.63. The highest BCUT2D eigenvalue weighted by Crippen LogP contribution is 2.19. The van der Waals surface area contributed by atoms with Gasteiger partial charge in [-0.15, -0.1) is 0 Å². The predicted octanol–water partition coefficient (Wildman–Crippen LogP) is 1.85. The highest BCUT2D eigenvalue weighted by molar-refractivity contribution is 5.07. The van der Waals surface area contributed by atoms with Crippen LogP contribution in [0.5, 0.6) is 0 Å². The van der Waals surface area contributed by atoms with Crippen LogP contribution in [0, 0.1) is 0 Å². The van der Waals surface area contributed by atoms with Crippen molar-refractivity contribution in [2.45, 2.75) is 33.2 Å². The van der Waals surface area contributed by atoms with E-state index in [0.29, 0.717) is 6.04 Å². The van der Waals surface area contributed by atoms with Crippen molar-refractivity contribution in [1.29, 1.82) is 0 Å². The van der Waals surface area contributed by atoms with Crippen molar-refractivity contribution in [3.8, 4) is 0 Å². The first-order valence-electron chi connectivity index (χ1n) is 4.35. The molecule has 0 aliphatic carbocycles. The molecule has 1 rings (SSSR count). The Labute approximate surface area is 69.5 Å². The molecule has 1 aliphatic rings. The lowest BCUT2D eigenvalue weighted by Gasteiger charge is -2.30. The van der Waals surface area contributed by atoms with Crippen LogP contribution in [0.1, 0.15) is 27.2 Å². The molecule has 0 radical (unpaired) electrons. The average Bonchev–Trinajstić information content (AvgIpc) is 2.17. The Bertz CT molecular complexity index is 163. The van der Waals surface area contributed by atoms with E-state index in [-0.39, 0.29) is 0 Å². The maximum Gasteiger partial charge on any atom is 0.0461 e. The van der Waals surface area contributed by atoms with Gasteiger partial charge in [0.25, 0.3) is 0 Å². The maximum atomic E-state index is 2.34. The molecule has 0 N–H and O–H groups in total. The lowest BCUT2D eigenvalue weighted by molar-refractivity contribution is 0.0411. The Balaban J connectivity index is 2.59. The maximum absolute atomic E-state index is 2.34. The number of rotatable bonds is 2. The molecule has 0 bridgehead atoms. The summed E-state index contributed by atoms with van der Waals surface area (Å²) in [5.41, 5.74) is 1.39. The molecular formula is C9H18N2. The van der Waals surface area contributed by atoms with Gasteiger partial charge in [0.1, 0.15) is 0 Å². The third-order valence-corrected chi connectivity index (χ3v) is 2.30. The summed E-state index contributed by atoms with van der Waals surface area (Å²) in [6, 6.07) is 0.571. The first-order valence-corrected chi connectivity index (χ1v) is 4.35. The van der Waals surface area contributed by atoms with Crippen molar-refractivity contribution in [2.24, 2.45) is 0 Å². The standard InChI is InChI=1S/C9H18N2/c1-5-6-11-9(3)7-8(2)10(11)4/h7-8H,5-6H2,1-4H3. The van der Waals surface area contributed by atoms with Gasteiger partial charge in [0, 0.05) is 25.3 Å². The molecule has 0 aromatic carbocycles. The Kier molecular flexibility index (Phi) is 2.55. The lowest BCUT2D eigenvalue weighted by atomic mass is 10.3. The molecule has 0 amide bonds. The molecule has 11 heavy (non-hydrogen) atoms. The van der Waals surface area contributed by atoms with Crippen LogP contribution in [0.2, 0.25) is 0 Å². The summed E-state index contributed by atoms with van der Waals surface area (Å²) < 4.78 is 0. The van der Waals surface area contributed by atoms with E-state index in [1.165, 1.54) is 12.1 Å². The van der Waals surface area contributed by atoms with Gasteiger partial charge in [-0.3, -0.25) is 0 Å². The first kappa shape index (κ1) is 8.60. The van der Waals surface area contributed by atoms with Crippen LogP contribution in [0.15, 0.2) is 11.8 Å². The molecule has 2 heteroatoms. The third-order valence-electron chi connectivity index (χ3n) is 2.30. The largest absolute Gasteiger partial charge is 0.310 e. The summed E-state index contributed by atoms with van der Waals surface area (Å²) in [6.07, 6.45) is 3.51. The van der Waals surface area contributed by atoms with Gasteiger partial charge in [-0.2, -0.15) is 0 Å². The Hall–Kier alpha value is -0.500. The zero-order valence-electron chi connectivity index (χ0n) is 7.96. The Morgan fingerprint density at radius 1 is 1.55 bits per heavy atom. The summed E-state index contributed by atoms with van der Waals surface area (Å²) in [6.45, 7) is 7.75. The molecule has 0 aromatic rings. The molecule has 2 nitrogen and oxygen atoms in total. The van der Waals surface area contributed by atoms with Crippen LogP contribution < -0.4 is 0 Å². The van der Waals surface area contributed by atoms with E-state index < -0.39 is 0 Å². The topological polar surface area (TPSA) is 6.48 Å². The Morgan fingerprint density at radius 3 is 2.55 bits per heavy atom. The SMILES string of the molecule is CCCN1C(C)=CC(C)N1C. The van der Waals surface area contributed by atoms with Crippen molar-refractivity contribution in [3.05, 3.63) is 11.8 Å². The Morgan fingerprint density at radius 2 is 2.18 bits per heavy atom. The summed E-state index contributed by atoms with van der Waals surface area (Å²) in [7, 11) is 2.15. The minimum atomic E-state index is 0.571. The van der Waals surface area contributed by atoms with Crippen molar-refractivity contribution in [2.75, 3.05) is 13.6 Å². The zero-order valence-corrected chi connectivity index (χ0v) is 7.96. The fraction of sp³-hybridized carbons (Fsp3) is 0.778. The van der Waals surface area contributed by atoms with Gasteiger partial charge in [0.2, 0.25) is 0 Å². The fourth-order valence-electron chi connectivity index (χ4n) is 1.56. The van der Waals surface area contributed by atoms with Gasteiger partial charge in [-0.05, 0) is 26.3 Å². The van der Waals surface area contributed by atoms with Crippen LogP contribution >= 0.6 is 0 Å². The highest BCUT2D eigenvalue weighted by atomic mass is 15.6. The van der Waals surface area contributed by atoms with Gasteiger partial charge in [-0.25, -0.2) is 5.01 Å². The van der Waals surface area contributed by atoms with Crippen molar-refractivity contribution in [1.82, 2.24) is 10.0 Å². The summed E-state index contributed by atoms with van der Waals surface area (Å²) >= 11 is 0. The highest BCUT2D eigenvalue weighted by Gasteiger charge is 2.21. The minimum absolute atomic E-state index is 0.571. The van der Waals surface area contributed by atoms with E-state index in [1.54, 1.807) is 0 Å². The molecule has 0 fully saturated rings. The third kappa shape index (κ3) is 1.56. The van der Waals surface area contributed by atoms with Gasteiger partial charge in [-0.1, -0.05) is 6.92 Å². The van der Waals surface area contributed by atoms with E-state index in [1.807, 2.05) is 0 Å². The second-order valence-electron chi connectivity index (χ2n) is 3.25. The lowest BCUT2D eigenvalue weighted by Crippen LogP contribution is -2.37. The molecule has 0 saturated heterocycles. The molecular weight excluding hydrogens is 136 g/mol. The molecule has 0 saturated carbocycles. The zero-order chi connectivity index (χ0) is 8.43. The van der Waals surface area contributed by atoms with Gasteiger partial charge >= 0.3 is 0 Å². The van der Waals surface area contributed by atoms with Crippen LogP contribution in [0.25, 0.3) is 0 Å². The fourth-order valence-corrected chi connectivity index (χ4v) is 1.56. The number of hydrazine groups is 1. The van der Waals surface area contributed by atoms with Crippen molar-refractivity contribution in [3.63, 3.8) is 0 Å². The van der Waals surface area contributed by atoms with Crippen LogP contribution in [0.3, 0.4) is 0 Å². The molecule has 1 aliphatic heterocycles. The number of likely N-dealkylation sites (N-methyl/N-ethyl adjacent to an activating group) is 1. The minimum Gasteiger partial charge on any atom is -0.310 e. The van der Waals surface area contributed by atoms with Crippen LogP contribution in [0.4, 0.5) is 0 Å². The summed E-state index contributed by atoms with van der Waals surface area (Å²) in [5.74, 6) is 0. The number of hydrogen-bond donors (Lipinski definition) is 0. The number of allylic oxidation sites excluding steroid dienone is 1. The predicted molar refractivity (Wildman–Crippen MR) is 48.0 cm³/mol. The average molecular weight is 154 g/mol. The smallest absolute Gasteiger partial charge is 0.0461 e. The van der Waals surface area contributed by atoms with Crippen molar-refractivity contribution < 1.29 is 0 Å². The van der Waals surface area contributed by atoms with Crippen LogP contribution in [-0.4, -0.2) is 29.7 Å². The van der Waals surface area contributed by atoms with Crippen molar-refractivity contribution >= 4 is 0 Å². The molecule has 1 atom stereocenters. The second kappa shape index (κ2) is 3.26. The van der Waals surface area contributed by atoms with E-state index in [0.717, 1.165) is 6.54 Å². The quantitative estimate of drug-likeness (QED) is 0.599. The van der Waals surface area contributed by atoms with Gasteiger partial charge in [0.05, 0.1) is 0 Å². The number of hydrogen-bond acceptors (Lipinski definition) is 2. The normalized spacial score (nSPS) is 26.0. The number of nitrogens with zero attached hydrogens (tertiary/aromatic N) is 2. The van der Waals surface area contributed by atoms with E-state index >= 15 is 0 Å². The molecule has 0 spiro atoms. The van der Waals surface area contributed by atoms with E-state index in [4.69, 9.17) is 0 Å². The second-order valence-corrected chi connectivity index (χ2v) is 3.25. The monoisotopic (exact) mass is 154 g/mol.